The van der Waals surface area contributed by atoms with E-state index >= 15 is 0 Å². The van der Waals surface area contributed by atoms with E-state index in [-0.39, 0.29) is 12.5 Å². The molecule has 96 valence electrons. The van der Waals surface area contributed by atoms with Crippen LogP contribution in [0.25, 0.3) is 11.4 Å². The molecule has 1 aromatic heterocycles. The standard InChI is InChI=1S/C11H11ClN2O4/c1-16-8-4-6(3-7(12)10(8)17-2)11-13-9(5-15)18-14-11/h3-4,15H,5H2,1-2H3. The molecule has 0 spiro atoms. The number of aromatic nitrogens is 2. The first-order valence-electron chi connectivity index (χ1n) is 5.05. The average Bonchev–Trinajstić information content (AvgIpc) is 2.86. The van der Waals surface area contributed by atoms with Crippen LogP contribution >= 0.6 is 11.6 Å². The SMILES string of the molecule is COc1cc(-c2noc(CO)n2)cc(Cl)c1OC. The molecule has 2 rings (SSSR count). The Bertz CT molecular complexity index is 556. The van der Waals surface area contributed by atoms with Crippen molar-refractivity contribution in [1.82, 2.24) is 10.1 Å². The molecule has 0 amide bonds. The lowest BCUT2D eigenvalue weighted by Crippen LogP contribution is -1.93. The first-order chi connectivity index (χ1) is 8.69. The number of nitrogens with zero attached hydrogens (tertiary/aromatic N) is 2. The van der Waals surface area contributed by atoms with Gasteiger partial charge in [-0.3, -0.25) is 0 Å². The lowest BCUT2D eigenvalue weighted by molar-refractivity contribution is 0.222. The summed E-state index contributed by atoms with van der Waals surface area (Å²) >= 11 is 6.06. The number of rotatable bonds is 4. The third-order valence-electron chi connectivity index (χ3n) is 2.30. The van der Waals surface area contributed by atoms with E-state index in [4.69, 9.17) is 30.7 Å². The normalized spacial score (nSPS) is 10.4. The smallest absolute Gasteiger partial charge is 0.252 e. The predicted molar refractivity (Wildman–Crippen MR) is 63.8 cm³/mol. The Morgan fingerprint density at radius 3 is 2.67 bits per heavy atom. The van der Waals surface area contributed by atoms with E-state index in [0.29, 0.717) is 27.9 Å². The van der Waals surface area contributed by atoms with Crippen LogP contribution in [0.15, 0.2) is 16.7 Å². The van der Waals surface area contributed by atoms with Gasteiger partial charge >= 0.3 is 0 Å². The molecule has 2 aromatic rings. The second-order valence-corrected chi connectivity index (χ2v) is 3.77. The lowest BCUT2D eigenvalue weighted by atomic mass is 10.2. The fraction of sp³-hybridized carbons (Fsp3) is 0.273. The number of ether oxygens (including phenoxy) is 2. The topological polar surface area (TPSA) is 77.6 Å². The van der Waals surface area contributed by atoms with E-state index in [9.17, 15) is 0 Å². The van der Waals surface area contributed by atoms with Gasteiger partial charge in [-0.15, -0.1) is 0 Å². The van der Waals surface area contributed by atoms with Crippen LogP contribution in [0.5, 0.6) is 11.5 Å². The van der Waals surface area contributed by atoms with Crippen molar-refractivity contribution in [1.29, 1.82) is 0 Å². The van der Waals surface area contributed by atoms with Crippen molar-refractivity contribution in [2.24, 2.45) is 0 Å². The molecule has 0 saturated carbocycles. The van der Waals surface area contributed by atoms with E-state index in [1.54, 1.807) is 12.1 Å². The highest BCUT2D eigenvalue weighted by atomic mass is 35.5. The highest BCUT2D eigenvalue weighted by Gasteiger charge is 2.15. The summed E-state index contributed by atoms with van der Waals surface area (Å²) in [4.78, 5) is 3.99. The Balaban J connectivity index is 2.48. The van der Waals surface area contributed by atoms with Gasteiger partial charge in [0.2, 0.25) is 5.82 Å². The Hall–Kier alpha value is -1.79. The molecule has 7 heteroatoms. The molecule has 0 bridgehead atoms. The Labute approximate surface area is 108 Å². The third-order valence-corrected chi connectivity index (χ3v) is 2.58. The maximum absolute atomic E-state index is 8.87. The van der Waals surface area contributed by atoms with Gasteiger partial charge in [-0.2, -0.15) is 4.98 Å². The number of methoxy groups -OCH3 is 2. The summed E-state index contributed by atoms with van der Waals surface area (Å²) in [6.45, 7) is -0.311. The van der Waals surface area contributed by atoms with Crippen LogP contribution in [0, 0.1) is 0 Å². The van der Waals surface area contributed by atoms with Gasteiger partial charge in [-0.05, 0) is 12.1 Å². The van der Waals surface area contributed by atoms with E-state index in [0.717, 1.165) is 0 Å². The van der Waals surface area contributed by atoms with Crippen molar-refractivity contribution in [3.8, 4) is 22.9 Å². The zero-order valence-electron chi connectivity index (χ0n) is 9.81. The van der Waals surface area contributed by atoms with Crippen LogP contribution in [0.2, 0.25) is 5.02 Å². The predicted octanol–water partition coefficient (Wildman–Crippen LogP) is 1.90. The van der Waals surface area contributed by atoms with Gasteiger partial charge in [0.05, 0.1) is 19.2 Å². The minimum Gasteiger partial charge on any atom is -0.493 e. The molecule has 1 aromatic carbocycles. The van der Waals surface area contributed by atoms with Crippen LogP contribution in [-0.4, -0.2) is 29.5 Å². The monoisotopic (exact) mass is 270 g/mol. The van der Waals surface area contributed by atoms with Crippen molar-refractivity contribution < 1.29 is 19.1 Å². The van der Waals surface area contributed by atoms with Gasteiger partial charge in [0.1, 0.15) is 6.61 Å². The summed E-state index contributed by atoms with van der Waals surface area (Å²) in [5, 5.41) is 13.0. The summed E-state index contributed by atoms with van der Waals surface area (Å²) in [6.07, 6.45) is 0. The Morgan fingerprint density at radius 1 is 1.33 bits per heavy atom. The molecule has 0 aliphatic rings. The zero-order valence-corrected chi connectivity index (χ0v) is 10.6. The molecule has 0 aliphatic heterocycles. The van der Waals surface area contributed by atoms with Crippen LogP contribution in [-0.2, 0) is 6.61 Å². The molecular formula is C11H11ClN2O4. The average molecular weight is 271 g/mol. The van der Waals surface area contributed by atoms with Crippen molar-refractivity contribution in [2.45, 2.75) is 6.61 Å². The molecule has 0 unspecified atom stereocenters. The molecule has 0 saturated heterocycles. The zero-order chi connectivity index (χ0) is 13.1. The molecule has 1 heterocycles. The third kappa shape index (κ3) is 2.25. The van der Waals surface area contributed by atoms with Gasteiger partial charge in [-0.1, -0.05) is 16.8 Å². The van der Waals surface area contributed by atoms with Crippen molar-refractivity contribution in [3.63, 3.8) is 0 Å². The summed E-state index contributed by atoms with van der Waals surface area (Å²) in [7, 11) is 3.01. The molecule has 6 nitrogen and oxygen atoms in total. The van der Waals surface area contributed by atoms with Crippen molar-refractivity contribution >= 4 is 11.6 Å². The fourth-order valence-corrected chi connectivity index (χ4v) is 1.77. The van der Waals surface area contributed by atoms with E-state index in [2.05, 4.69) is 10.1 Å². The number of benzene rings is 1. The number of halogens is 1. The number of aliphatic hydroxyl groups is 1. The summed E-state index contributed by atoms with van der Waals surface area (Å²) in [5.74, 6) is 1.36. The largest absolute Gasteiger partial charge is 0.493 e. The molecule has 0 radical (unpaired) electrons. The van der Waals surface area contributed by atoms with Gasteiger partial charge in [0.15, 0.2) is 11.5 Å². The molecule has 18 heavy (non-hydrogen) atoms. The minimum absolute atomic E-state index is 0.135. The van der Waals surface area contributed by atoms with E-state index in [1.807, 2.05) is 0 Å². The minimum atomic E-state index is -0.311. The molecule has 1 N–H and O–H groups in total. The molecular weight excluding hydrogens is 260 g/mol. The molecule has 0 aliphatic carbocycles. The quantitative estimate of drug-likeness (QED) is 0.914. The van der Waals surface area contributed by atoms with Crippen molar-refractivity contribution in [2.75, 3.05) is 14.2 Å². The fourth-order valence-electron chi connectivity index (χ4n) is 1.48. The van der Waals surface area contributed by atoms with E-state index in [1.165, 1.54) is 14.2 Å². The van der Waals surface area contributed by atoms with Crippen molar-refractivity contribution in [3.05, 3.63) is 23.0 Å². The maximum atomic E-state index is 8.87. The van der Waals surface area contributed by atoms with Crippen LogP contribution in [0.3, 0.4) is 0 Å². The first-order valence-corrected chi connectivity index (χ1v) is 5.42. The van der Waals surface area contributed by atoms with Crippen LogP contribution in [0.4, 0.5) is 0 Å². The van der Waals surface area contributed by atoms with Gasteiger partial charge in [0, 0.05) is 5.56 Å². The van der Waals surface area contributed by atoms with Crippen LogP contribution in [0.1, 0.15) is 5.89 Å². The summed E-state index contributed by atoms with van der Waals surface area (Å²) in [5.41, 5.74) is 0.612. The summed E-state index contributed by atoms with van der Waals surface area (Å²) in [6, 6.07) is 3.31. The lowest BCUT2D eigenvalue weighted by Gasteiger charge is -2.10. The molecule has 0 atom stereocenters. The summed E-state index contributed by atoms with van der Waals surface area (Å²) < 4.78 is 15.1. The van der Waals surface area contributed by atoms with Gasteiger partial charge in [-0.25, -0.2) is 0 Å². The number of hydrogen-bond acceptors (Lipinski definition) is 6. The van der Waals surface area contributed by atoms with Gasteiger partial charge in [0.25, 0.3) is 5.89 Å². The van der Waals surface area contributed by atoms with Gasteiger partial charge < -0.3 is 19.1 Å². The molecule has 0 fully saturated rings. The van der Waals surface area contributed by atoms with Crippen LogP contribution < -0.4 is 9.47 Å². The second kappa shape index (κ2) is 5.24. The highest BCUT2D eigenvalue weighted by molar-refractivity contribution is 6.32. The number of hydrogen-bond donors (Lipinski definition) is 1. The Morgan fingerprint density at radius 2 is 2.11 bits per heavy atom. The first kappa shape index (κ1) is 12.7. The highest BCUT2D eigenvalue weighted by Crippen LogP contribution is 2.38. The number of aliphatic hydroxyl groups excluding tert-OH is 1. The second-order valence-electron chi connectivity index (χ2n) is 3.36. The van der Waals surface area contributed by atoms with E-state index < -0.39 is 0 Å². The Kier molecular flexibility index (Phi) is 3.69. The maximum Gasteiger partial charge on any atom is 0.252 e.